The van der Waals surface area contributed by atoms with Crippen LogP contribution in [0.4, 0.5) is 5.69 Å². The molecule has 0 aliphatic heterocycles. The summed E-state index contributed by atoms with van der Waals surface area (Å²) < 4.78 is 0. The molecule has 4 nitrogen and oxygen atoms in total. The largest absolute Gasteiger partial charge is 0.353 e. The van der Waals surface area contributed by atoms with Crippen LogP contribution in [0.2, 0.25) is 0 Å². The predicted octanol–water partition coefficient (Wildman–Crippen LogP) is 3.51. The van der Waals surface area contributed by atoms with E-state index in [-0.39, 0.29) is 23.7 Å². The molecule has 2 aliphatic rings. The summed E-state index contributed by atoms with van der Waals surface area (Å²) in [5.41, 5.74) is 0.917. The molecule has 0 bridgehead atoms. The van der Waals surface area contributed by atoms with Gasteiger partial charge in [0.1, 0.15) is 0 Å². The van der Waals surface area contributed by atoms with Gasteiger partial charge in [0, 0.05) is 18.3 Å². The standard InChI is InChI=1S/C20H28N2O2/c1-2-22(16-12-8-5-9-13-16)20(24)18-14-17(18)19(23)21-15-10-6-3-4-7-11-15/h5,8-9,12-13,15,17-18H,2-4,6-7,10-11,14H2,1H3,(H,21,23). The number of anilines is 1. The van der Waals surface area contributed by atoms with Gasteiger partial charge < -0.3 is 10.2 Å². The Morgan fingerprint density at radius 2 is 1.71 bits per heavy atom. The van der Waals surface area contributed by atoms with E-state index in [1.165, 1.54) is 25.7 Å². The maximum absolute atomic E-state index is 12.7. The quantitative estimate of drug-likeness (QED) is 0.841. The summed E-state index contributed by atoms with van der Waals surface area (Å²) in [5.74, 6) is -0.0940. The minimum absolute atomic E-state index is 0.0874. The number of hydrogen-bond donors (Lipinski definition) is 1. The van der Waals surface area contributed by atoms with Crippen molar-refractivity contribution >= 4 is 17.5 Å². The van der Waals surface area contributed by atoms with Crippen molar-refractivity contribution in [1.82, 2.24) is 5.32 Å². The second-order valence-corrected chi connectivity index (χ2v) is 7.06. The maximum Gasteiger partial charge on any atom is 0.230 e. The van der Waals surface area contributed by atoms with Crippen molar-refractivity contribution in [3.63, 3.8) is 0 Å². The van der Waals surface area contributed by atoms with Gasteiger partial charge in [0.15, 0.2) is 0 Å². The fourth-order valence-corrected chi connectivity index (χ4v) is 3.76. The lowest BCUT2D eigenvalue weighted by Crippen LogP contribution is -2.38. The van der Waals surface area contributed by atoms with Crippen molar-refractivity contribution in [2.24, 2.45) is 11.8 Å². The van der Waals surface area contributed by atoms with Crippen LogP contribution in [0.25, 0.3) is 0 Å². The number of amides is 2. The fraction of sp³-hybridized carbons (Fsp3) is 0.600. The van der Waals surface area contributed by atoms with Gasteiger partial charge in [-0.15, -0.1) is 0 Å². The number of hydrogen-bond acceptors (Lipinski definition) is 2. The van der Waals surface area contributed by atoms with Crippen LogP contribution < -0.4 is 10.2 Å². The molecule has 0 aromatic heterocycles. The zero-order valence-corrected chi connectivity index (χ0v) is 14.5. The Morgan fingerprint density at radius 3 is 2.33 bits per heavy atom. The fourth-order valence-electron chi connectivity index (χ4n) is 3.76. The topological polar surface area (TPSA) is 49.4 Å². The molecule has 2 unspecified atom stereocenters. The number of rotatable bonds is 5. The summed E-state index contributed by atoms with van der Waals surface area (Å²) in [6.45, 7) is 2.62. The maximum atomic E-state index is 12.7. The third kappa shape index (κ3) is 3.97. The smallest absolute Gasteiger partial charge is 0.230 e. The van der Waals surface area contributed by atoms with E-state index in [1.54, 1.807) is 4.90 Å². The number of carbonyl (C=O) groups is 2. The van der Waals surface area contributed by atoms with E-state index in [9.17, 15) is 9.59 Å². The summed E-state index contributed by atoms with van der Waals surface area (Å²) in [4.78, 5) is 27.0. The molecule has 2 atom stereocenters. The third-order valence-corrected chi connectivity index (χ3v) is 5.30. The van der Waals surface area contributed by atoms with Gasteiger partial charge in [-0.05, 0) is 38.3 Å². The van der Waals surface area contributed by atoms with E-state index < -0.39 is 0 Å². The summed E-state index contributed by atoms with van der Waals surface area (Å²) in [7, 11) is 0. The van der Waals surface area contributed by atoms with E-state index in [0.717, 1.165) is 18.5 Å². The molecule has 2 amide bonds. The van der Waals surface area contributed by atoms with E-state index in [1.807, 2.05) is 37.3 Å². The van der Waals surface area contributed by atoms with Crippen molar-refractivity contribution in [2.75, 3.05) is 11.4 Å². The molecule has 2 aliphatic carbocycles. The first-order chi connectivity index (χ1) is 11.7. The Morgan fingerprint density at radius 1 is 1.04 bits per heavy atom. The Kier molecular flexibility index (Phi) is 5.54. The van der Waals surface area contributed by atoms with E-state index in [2.05, 4.69) is 5.32 Å². The number of benzene rings is 1. The Labute approximate surface area is 144 Å². The third-order valence-electron chi connectivity index (χ3n) is 5.30. The van der Waals surface area contributed by atoms with Crippen molar-refractivity contribution in [3.05, 3.63) is 30.3 Å². The van der Waals surface area contributed by atoms with Gasteiger partial charge in [-0.1, -0.05) is 43.9 Å². The lowest BCUT2D eigenvalue weighted by Gasteiger charge is -2.21. The Bertz CT molecular complexity index is 564. The van der Waals surface area contributed by atoms with Gasteiger partial charge in [-0.3, -0.25) is 9.59 Å². The molecule has 3 rings (SSSR count). The molecule has 0 spiro atoms. The van der Waals surface area contributed by atoms with Gasteiger partial charge in [0.25, 0.3) is 0 Å². The van der Waals surface area contributed by atoms with Gasteiger partial charge in [-0.2, -0.15) is 0 Å². The summed E-state index contributed by atoms with van der Waals surface area (Å²) in [6.07, 6.45) is 7.83. The highest BCUT2D eigenvalue weighted by Gasteiger charge is 2.49. The van der Waals surface area contributed by atoms with Crippen LogP contribution in [0.5, 0.6) is 0 Å². The van der Waals surface area contributed by atoms with Crippen LogP contribution in [-0.4, -0.2) is 24.4 Å². The predicted molar refractivity (Wildman–Crippen MR) is 95.7 cm³/mol. The molecule has 2 fully saturated rings. The number of para-hydroxylation sites is 1. The van der Waals surface area contributed by atoms with Crippen molar-refractivity contribution in [1.29, 1.82) is 0 Å². The molecule has 0 radical (unpaired) electrons. The monoisotopic (exact) mass is 328 g/mol. The highest BCUT2D eigenvalue weighted by Crippen LogP contribution is 2.41. The second-order valence-electron chi connectivity index (χ2n) is 7.06. The van der Waals surface area contributed by atoms with E-state index in [0.29, 0.717) is 19.0 Å². The lowest BCUT2D eigenvalue weighted by atomic mass is 10.1. The molecule has 1 aromatic rings. The highest BCUT2D eigenvalue weighted by atomic mass is 16.2. The first-order valence-electron chi connectivity index (χ1n) is 9.37. The molecule has 0 heterocycles. The summed E-state index contributed by atoms with van der Waals surface area (Å²) in [5, 5.41) is 3.19. The number of carbonyl (C=O) groups excluding carboxylic acids is 2. The number of nitrogens with one attached hydrogen (secondary N) is 1. The minimum atomic E-state index is -0.143. The molecule has 1 N–H and O–H groups in total. The molecule has 130 valence electrons. The molecule has 1 aromatic carbocycles. The van der Waals surface area contributed by atoms with Crippen LogP contribution >= 0.6 is 0 Å². The van der Waals surface area contributed by atoms with Crippen LogP contribution in [0.1, 0.15) is 51.9 Å². The van der Waals surface area contributed by atoms with Crippen molar-refractivity contribution in [2.45, 2.75) is 57.9 Å². The first kappa shape index (κ1) is 17.0. The number of nitrogens with zero attached hydrogens (tertiary/aromatic N) is 1. The molecule has 24 heavy (non-hydrogen) atoms. The molecular formula is C20H28N2O2. The average molecular weight is 328 g/mol. The van der Waals surface area contributed by atoms with E-state index >= 15 is 0 Å². The van der Waals surface area contributed by atoms with Gasteiger partial charge in [0.2, 0.25) is 11.8 Å². The zero-order valence-electron chi connectivity index (χ0n) is 14.5. The molecule has 0 saturated heterocycles. The minimum Gasteiger partial charge on any atom is -0.353 e. The average Bonchev–Trinajstić information content (AvgIpc) is 3.41. The van der Waals surface area contributed by atoms with Gasteiger partial charge in [-0.25, -0.2) is 0 Å². The van der Waals surface area contributed by atoms with Crippen molar-refractivity contribution in [3.8, 4) is 0 Å². The Balaban J connectivity index is 1.55. The first-order valence-corrected chi connectivity index (χ1v) is 9.37. The van der Waals surface area contributed by atoms with Gasteiger partial charge in [0.05, 0.1) is 11.8 Å². The van der Waals surface area contributed by atoms with Crippen LogP contribution in [0.15, 0.2) is 30.3 Å². The molecular weight excluding hydrogens is 300 g/mol. The summed E-state index contributed by atoms with van der Waals surface area (Å²) >= 11 is 0. The van der Waals surface area contributed by atoms with E-state index in [4.69, 9.17) is 0 Å². The lowest BCUT2D eigenvalue weighted by molar-refractivity contribution is -0.126. The highest BCUT2D eigenvalue weighted by molar-refractivity contribution is 6.01. The second kappa shape index (κ2) is 7.82. The zero-order chi connectivity index (χ0) is 16.9. The van der Waals surface area contributed by atoms with Crippen LogP contribution in [0, 0.1) is 11.8 Å². The van der Waals surface area contributed by atoms with Crippen LogP contribution in [0.3, 0.4) is 0 Å². The SMILES string of the molecule is CCN(C(=O)C1CC1C(=O)NC1CCCCCC1)c1ccccc1. The van der Waals surface area contributed by atoms with Crippen LogP contribution in [-0.2, 0) is 9.59 Å². The molecule has 4 heteroatoms. The van der Waals surface area contributed by atoms with Crippen molar-refractivity contribution < 1.29 is 9.59 Å². The molecule has 2 saturated carbocycles. The Hall–Kier alpha value is -1.84. The summed E-state index contributed by atoms with van der Waals surface area (Å²) in [6, 6.07) is 10.0. The van der Waals surface area contributed by atoms with Gasteiger partial charge >= 0.3 is 0 Å². The normalized spacial score (nSPS) is 24.0.